The number of hydrogen-bond acceptors (Lipinski definition) is 3. The van der Waals surface area contributed by atoms with Crippen molar-refractivity contribution in [3.05, 3.63) is 47.3 Å². The SMILES string of the molecule is NC(=O)c1csc(Sc2ccccc2)c1. The molecule has 0 aliphatic rings. The molecule has 1 aromatic heterocycles. The third-order valence-corrected chi connectivity index (χ3v) is 3.91. The Kier molecular flexibility index (Phi) is 3.08. The lowest BCUT2D eigenvalue weighted by Crippen LogP contribution is -2.08. The number of carbonyl (C=O) groups is 1. The van der Waals surface area contributed by atoms with Gasteiger partial charge in [-0.3, -0.25) is 4.79 Å². The van der Waals surface area contributed by atoms with Crippen LogP contribution in [0, 0.1) is 0 Å². The van der Waals surface area contributed by atoms with E-state index in [1.807, 2.05) is 36.4 Å². The molecule has 2 N–H and O–H groups in total. The lowest BCUT2D eigenvalue weighted by atomic mass is 10.3. The molecule has 15 heavy (non-hydrogen) atoms. The molecule has 0 saturated carbocycles. The number of thiophene rings is 1. The summed E-state index contributed by atoms with van der Waals surface area (Å²) in [6, 6.07) is 11.9. The predicted molar refractivity (Wildman–Crippen MR) is 63.4 cm³/mol. The summed E-state index contributed by atoms with van der Waals surface area (Å²) < 4.78 is 1.08. The highest BCUT2D eigenvalue weighted by Crippen LogP contribution is 2.32. The smallest absolute Gasteiger partial charge is 0.249 e. The van der Waals surface area contributed by atoms with E-state index in [1.165, 1.54) is 11.3 Å². The topological polar surface area (TPSA) is 43.1 Å². The molecule has 1 amide bonds. The van der Waals surface area contributed by atoms with Crippen molar-refractivity contribution in [3.63, 3.8) is 0 Å². The Morgan fingerprint density at radius 1 is 1.27 bits per heavy atom. The van der Waals surface area contributed by atoms with Gasteiger partial charge in [-0.2, -0.15) is 0 Å². The van der Waals surface area contributed by atoms with Gasteiger partial charge in [0.2, 0.25) is 5.91 Å². The molecule has 2 nitrogen and oxygen atoms in total. The van der Waals surface area contributed by atoms with Gasteiger partial charge < -0.3 is 5.73 Å². The van der Waals surface area contributed by atoms with Gasteiger partial charge in [0.05, 0.1) is 9.77 Å². The lowest BCUT2D eigenvalue weighted by molar-refractivity contribution is 0.100. The summed E-state index contributed by atoms with van der Waals surface area (Å²) in [6.45, 7) is 0. The molecular weight excluding hydrogens is 226 g/mol. The minimum atomic E-state index is -0.369. The van der Waals surface area contributed by atoms with Gasteiger partial charge in [-0.1, -0.05) is 30.0 Å². The molecule has 2 aromatic rings. The van der Waals surface area contributed by atoms with Gasteiger partial charge in [-0.15, -0.1) is 11.3 Å². The molecule has 76 valence electrons. The zero-order valence-corrected chi connectivity index (χ0v) is 9.48. The fourth-order valence-corrected chi connectivity index (χ4v) is 3.06. The van der Waals surface area contributed by atoms with Crippen molar-refractivity contribution < 1.29 is 4.79 Å². The number of amides is 1. The van der Waals surface area contributed by atoms with Crippen molar-refractivity contribution in [2.75, 3.05) is 0 Å². The summed E-state index contributed by atoms with van der Waals surface area (Å²) in [4.78, 5) is 12.0. The molecule has 1 heterocycles. The number of nitrogens with two attached hydrogens (primary N) is 1. The first-order valence-electron chi connectivity index (χ1n) is 4.37. The number of hydrogen-bond donors (Lipinski definition) is 1. The van der Waals surface area contributed by atoms with E-state index in [2.05, 4.69) is 0 Å². The Morgan fingerprint density at radius 3 is 2.60 bits per heavy atom. The molecule has 0 bridgehead atoms. The zero-order chi connectivity index (χ0) is 10.7. The number of benzene rings is 1. The van der Waals surface area contributed by atoms with Crippen LogP contribution in [0.1, 0.15) is 10.4 Å². The van der Waals surface area contributed by atoms with Crippen LogP contribution in [0.5, 0.6) is 0 Å². The van der Waals surface area contributed by atoms with Crippen molar-refractivity contribution in [1.29, 1.82) is 0 Å². The molecule has 0 spiro atoms. The Labute approximate surface area is 96.1 Å². The van der Waals surface area contributed by atoms with Crippen LogP contribution < -0.4 is 5.73 Å². The van der Waals surface area contributed by atoms with E-state index in [0.29, 0.717) is 5.56 Å². The molecule has 0 atom stereocenters. The second-order valence-electron chi connectivity index (χ2n) is 2.93. The van der Waals surface area contributed by atoms with Crippen molar-refractivity contribution in [3.8, 4) is 0 Å². The van der Waals surface area contributed by atoms with E-state index < -0.39 is 0 Å². The molecule has 0 fully saturated rings. The minimum Gasteiger partial charge on any atom is -0.366 e. The summed E-state index contributed by atoms with van der Waals surface area (Å²) >= 11 is 3.17. The summed E-state index contributed by atoms with van der Waals surface area (Å²) in [5.41, 5.74) is 5.76. The first-order chi connectivity index (χ1) is 7.25. The first-order valence-corrected chi connectivity index (χ1v) is 6.06. The van der Waals surface area contributed by atoms with Crippen molar-refractivity contribution in [2.24, 2.45) is 5.73 Å². The molecule has 2 rings (SSSR count). The van der Waals surface area contributed by atoms with E-state index >= 15 is 0 Å². The maximum Gasteiger partial charge on any atom is 0.249 e. The highest BCUT2D eigenvalue weighted by molar-refractivity contribution is 8.01. The van der Waals surface area contributed by atoms with Crippen LogP contribution in [-0.2, 0) is 0 Å². The van der Waals surface area contributed by atoms with Crippen molar-refractivity contribution >= 4 is 29.0 Å². The van der Waals surface area contributed by atoms with Crippen LogP contribution >= 0.6 is 23.1 Å². The average molecular weight is 235 g/mol. The third kappa shape index (κ3) is 2.61. The average Bonchev–Trinajstić information content (AvgIpc) is 2.68. The van der Waals surface area contributed by atoms with Gasteiger partial charge >= 0.3 is 0 Å². The molecule has 0 aliphatic heterocycles. The monoisotopic (exact) mass is 235 g/mol. The number of carbonyl (C=O) groups excluding carboxylic acids is 1. The molecular formula is C11H9NOS2. The summed E-state index contributed by atoms with van der Waals surface area (Å²) in [5, 5.41) is 1.79. The second kappa shape index (κ2) is 4.51. The first kappa shape index (κ1) is 10.3. The molecule has 0 unspecified atom stereocenters. The van der Waals surface area contributed by atoms with Gasteiger partial charge in [0, 0.05) is 10.3 Å². The van der Waals surface area contributed by atoms with Gasteiger partial charge in [0.15, 0.2) is 0 Å². The van der Waals surface area contributed by atoms with Gasteiger partial charge in [-0.25, -0.2) is 0 Å². The maximum atomic E-state index is 10.9. The predicted octanol–water partition coefficient (Wildman–Crippen LogP) is 3.00. The van der Waals surface area contributed by atoms with Crippen LogP contribution in [0.4, 0.5) is 0 Å². The van der Waals surface area contributed by atoms with E-state index in [9.17, 15) is 4.79 Å². The fraction of sp³-hybridized carbons (Fsp3) is 0. The van der Waals surface area contributed by atoms with Crippen LogP contribution in [0.25, 0.3) is 0 Å². The summed E-state index contributed by atoms with van der Waals surface area (Å²) in [6.07, 6.45) is 0. The highest BCUT2D eigenvalue weighted by atomic mass is 32.2. The summed E-state index contributed by atoms with van der Waals surface area (Å²) in [5.74, 6) is -0.369. The van der Waals surface area contributed by atoms with Gasteiger partial charge in [0.25, 0.3) is 0 Å². The van der Waals surface area contributed by atoms with Crippen LogP contribution in [-0.4, -0.2) is 5.91 Å². The van der Waals surface area contributed by atoms with E-state index in [4.69, 9.17) is 5.73 Å². The fourth-order valence-electron chi connectivity index (χ4n) is 1.10. The zero-order valence-electron chi connectivity index (χ0n) is 7.84. The van der Waals surface area contributed by atoms with E-state index in [-0.39, 0.29) is 5.91 Å². The third-order valence-electron chi connectivity index (χ3n) is 1.82. The Hall–Kier alpha value is -1.26. The van der Waals surface area contributed by atoms with Crippen molar-refractivity contribution in [1.82, 2.24) is 0 Å². The highest BCUT2D eigenvalue weighted by Gasteiger charge is 2.05. The quantitative estimate of drug-likeness (QED) is 0.888. The van der Waals surface area contributed by atoms with Gasteiger partial charge in [-0.05, 0) is 18.2 Å². The Bertz CT molecular complexity index is 464. The van der Waals surface area contributed by atoms with Crippen LogP contribution in [0.3, 0.4) is 0 Å². The Morgan fingerprint density at radius 2 is 2.00 bits per heavy atom. The molecule has 0 radical (unpaired) electrons. The number of rotatable bonds is 3. The standard InChI is InChI=1S/C11H9NOS2/c12-11(13)8-6-10(14-7-8)15-9-4-2-1-3-5-9/h1-7H,(H2,12,13). The largest absolute Gasteiger partial charge is 0.366 e. The minimum absolute atomic E-state index is 0.369. The lowest BCUT2D eigenvalue weighted by Gasteiger charge is -1.95. The number of primary amides is 1. The van der Waals surface area contributed by atoms with E-state index in [1.54, 1.807) is 17.1 Å². The molecule has 1 aromatic carbocycles. The molecule has 0 aliphatic carbocycles. The van der Waals surface area contributed by atoms with E-state index in [0.717, 1.165) is 9.10 Å². The molecule has 0 saturated heterocycles. The Balaban J connectivity index is 2.15. The summed E-state index contributed by atoms with van der Waals surface area (Å²) in [7, 11) is 0. The van der Waals surface area contributed by atoms with Crippen LogP contribution in [0.15, 0.2) is 50.9 Å². The van der Waals surface area contributed by atoms with Crippen LogP contribution in [0.2, 0.25) is 0 Å². The maximum absolute atomic E-state index is 10.9. The molecule has 4 heteroatoms. The van der Waals surface area contributed by atoms with Gasteiger partial charge in [0.1, 0.15) is 0 Å². The normalized spacial score (nSPS) is 10.1. The second-order valence-corrected chi connectivity index (χ2v) is 5.22. The van der Waals surface area contributed by atoms with Crippen molar-refractivity contribution in [2.45, 2.75) is 9.10 Å².